The van der Waals surface area contributed by atoms with Gasteiger partial charge in [-0.1, -0.05) is 0 Å². The quantitative estimate of drug-likeness (QED) is 0.611. The predicted molar refractivity (Wildman–Crippen MR) is 40.8 cm³/mol. The number of imidazole rings is 1. The molecule has 2 nitrogen and oxygen atoms in total. The zero-order chi connectivity index (χ0) is 6.53. The molecule has 0 saturated heterocycles. The molecule has 0 saturated carbocycles. The first-order valence-corrected chi connectivity index (χ1v) is 3.66. The normalized spacial score (nSPS) is 9.89. The number of hydrogen-bond acceptors (Lipinski definition) is 2. The van der Waals surface area contributed by atoms with Gasteiger partial charge < -0.3 is 4.98 Å². The van der Waals surface area contributed by atoms with Crippen LogP contribution in [-0.2, 0) is 6.42 Å². The highest BCUT2D eigenvalue weighted by atomic mass is 32.1. The molecule has 9 heavy (non-hydrogen) atoms. The molecule has 1 heterocycles. The monoisotopic (exact) mass is 142 g/mol. The molecule has 0 bridgehead atoms. The van der Waals surface area contributed by atoms with E-state index >= 15 is 0 Å². The number of nitrogens with one attached hydrogen (secondary N) is 1. The van der Waals surface area contributed by atoms with E-state index in [1.54, 1.807) is 6.20 Å². The molecule has 0 atom stereocenters. The van der Waals surface area contributed by atoms with Gasteiger partial charge in [0.2, 0.25) is 0 Å². The molecular weight excluding hydrogens is 132 g/mol. The zero-order valence-electron chi connectivity index (χ0n) is 5.17. The standard InChI is InChI=1S/C6H10N2S/c9-5-1-2-6-7-3-4-8-6/h3-4,9H,1-2,5H2,(H,7,8). The Morgan fingerprint density at radius 2 is 2.56 bits per heavy atom. The van der Waals surface area contributed by atoms with Gasteiger partial charge in [0, 0.05) is 18.8 Å². The molecule has 0 aliphatic carbocycles. The summed E-state index contributed by atoms with van der Waals surface area (Å²) < 4.78 is 0. The van der Waals surface area contributed by atoms with Gasteiger partial charge in [-0.15, -0.1) is 0 Å². The Kier molecular flexibility index (Phi) is 2.64. The summed E-state index contributed by atoms with van der Waals surface area (Å²) in [7, 11) is 0. The molecule has 0 aliphatic heterocycles. The van der Waals surface area contributed by atoms with E-state index in [0.717, 1.165) is 24.4 Å². The lowest BCUT2D eigenvalue weighted by Gasteiger charge is -1.89. The summed E-state index contributed by atoms with van der Waals surface area (Å²) >= 11 is 4.09. The lowest BCUT2D eigenvalue weighted by atomic mass is 10.3. The minimum Gasteiger partial charge on any atom is -0.349 e. The second-order valence-corrected chi connectivity index (χ2v) is 2.31. The zero-order valence-corrected chi connectivity index (χ0v) is 6.06. The largest absolute Gasteiger partial charge is 0.349 e. The van der Waals surface area contributed by atoms with Crippen LogP contribution in [0, 0.1) is 0 Å². The van der Waals surface area contributed by atoms with Gasteiger partial charge in [-0.05, 0) is 12.2 Å². The minimum absolute atomic E-state index is 0.931. The van der Waals surface area contributed by atoms with Crippen LogP contribution in [-0.4, -0.2) is 15.7 Å². The van der Waals surface area contributed by atoms with Gasteiger partial charge in [0.25, 0.3) is 0 Å². The van der Waals surface area contributed by atoms with Crippen molar-refractivity contribution in [3.8, 4) is 0 Å². The van der Waals surface area contributed by atoms with Gasteiger partial charge in [0.05, 0.1) is 0 Å². The number of nitrogens with zero attached hydrogens (tertiary/aromatic N) is 1. The highest BCUT2D eigenvalue weighted by Gasteiger charge is 1.90. The Hall–Kier alpha value is -0.440. The Morgan fingerprint density at radius 1 is 1.67 bits per heavy atom. The molecule has 0 unspecified atom stereocenters. The molecule has 50 valence electrons. The maximum atomic E-state index is 4.09. The fourth-order valence-electron chi connectivity index (χ4n) is 0.681. The van der Waals surface area contributed by atoms with Crippen molar-refractivity contribution in [3.63, 3.8) is 0 Å². The summed E-state index contributed by atoms with van der Waals surface area (Å²) in [4.78, 5) is 7.09. The van der Waals surface area contributed by atoms with Crippen LogP contribution in [0.5, 0.6) is 0 Å². The number of hydrogen-bond donors (Lipinski definition) is 2. The Bertz CT molecular complexity index is 148. The lowest BCUT2D eigenvalue weighted by Crippen LogP contribution is -1.87. The van der Waals surface area contributed by atoms with Gasteiger partial charge in [-0.3, -0.25) is 0 Å². The molecule has 0 aromatic carbocycles. The third-order valence-electron chi connectivity index (χ3n) is 1.13. The van der Waals surface area contributed by atoms with E-state index in [-0.39, 0.29) is 0 Å². The summed E-state index contributed by atoms with van der Waals surface area (Å²) in [5.41, 5.74) is 0. The van der Waals surface area contributed by atoms with Crippen LogP contribution in [0.1, 0.15) is 12.2 Å². The first kappa shape index (κ1) is 6.68. The summed E-state index contributed by atoms with van der Waals surface area (Å²) in [6, 6.07) is 0. The van der Waals surface area contributed by atoms with Crippen LogP contribution in [0.2, 0.25) is 0 Å². The molecular formula is C6H10N2S. The highest BCUT2D eigenvalue weighted by molar-refractivity contribution is 7.80. The van der Waals surface area contributed by atoms with Crippen LogP contribution in [0.15, 0.2) is 12.4 Å². The van der Waals surface area contributed by atoms with Crippen molar-refractivity contribution in [1.29, 1.82) is 0 Å². The first-order chi connectivity index (χ1) is 4.43. The first-order valence-electron chi connectivity index (χ1n) is 3.02. The molecule has 1 aromatic rings. The molecule has 3 heteroatoms. The van der Waals surface area contributed by atoms with Crippen molar-refractivity contribution in [2.75, 3.05) is 5.75 Å². The Balaban J connectivity index is 2.30. The third-order valence-corrected chi connectivity index (χ3v) is 1.44. The van der Waals surface area contributed by atoms with Crippen LogP contribution in [0.4, 0.5) is 0 Å². The molecule has 1 aromatic heterocycles. The van der Waals surface area contributed by atoms with Crippen molar-refractivity contribution >= 4 is 12.6 Å². The van der Waals surface area contributed by atoms with Gasteiger partial charge in [0.1, 0.15) is 5.82 Å². The minimum atomic E-state index is 0.931. The smallest absolute Gasteiger partial charge is 0.106 e. The fraction of sp³-hybridized carbons (Fsp3) is 0.500. The predicted octanol–water partition coefficient (Wildman–Crippen LogP) is 1.27. The van der Waals surface area contributed by atoms with Gasteiger partial charge in [-0.2, -0.15) is 12.6 Å². The van der Waals surface area contributed by atoms with Gasteiger partial charge in [-0.25, -0.2) is 4.98 Å². The highest BCUT2D eigenvalue weighted by Crippen LogP contribution is 1.94. The van der Waals surface area contributed by atoms with Crippen molar-refractivity contribution in [2.45, 2.75) is 12.8 Å². The molecule has 1 N–H and O–H groups in total. The van der Waals surface area contributed by atoms with E-state index in [1.165, 1.54) is 0 Å². The number of rotatable bonds is 3. The number of thiol groups is 1. The van der Waals surface area contributed by atoms with Crippen LogP contribution in [0.3, 0.4) is 0 Å². The Morgan fingerprint density at radius 3 is 3.11 bits per heavy atom. The Labute approximate surface area is 60.1 Å². The average Bonchev–Trinajstić information content (AvgIpc) is 2.34. The third kappa shape index (κ3) is 2.10. The van der Waals surface area contributed by atoms with Crippen molar-refractivity contribution in [3.05, 3.63) is 18.2 Å². The lowest BCUT2D eigenvalue weighted by molar-refractivity contribution is 0.867. The SMILES string of the molecule is SCCCc1ncc[nH]1. The van der Waals surface area contributed by atoms with E-state index in [1.807, 2.05) is 6.20 Å². The van der Waals surface area contributed by atoms with Crippen LogP contribution >= 0.6 is 12.6 Å². The topological polar surface area (TPSA) is 28.7 Å². The number of H-pyrrole nitrogens is 1. The summed E-state index contributed by atoms with van der Waals surface area (Å²) in [5, 5.41) is 0. The van der Waals surface area contributed by atoms with Crippen LogP contribution in [0.25, 0.3) is 0 Å². The van der Waals surface area contributed by atoms with E-state index in [4.69, 9.17) is 0 Å². The van der Waals surface area contributed by atoms with E-state index < -0.39 is 0 Å². The van der Waals surface area contributed by atoms with E-state index in [9.17, 15) is 0 Å². The summed E-state index contributed by atoms with van der Waals surface area (Å²) in [5.74, 6) is 1.99. The molecule has 0 aliphatic rings. The molecule has 0 spiro atoms. The van der Waals surface area contributed by atoms with Crippen molar-refractivity contribution in [2.24, 2.45) is 0 Å². The number of aromatic amines is 1. The number of aromatic nitrogens is 2. The van der Waals surface area contributed by atoms with Crippen molar-refractivity contribution in [1.82, 2.24) is 9.97 Å². The molecule has 1 rings (SSSR count). The molecule has 0 radical (unpaired) electrons. The summed E-state index contributed by atoms with van der Waals surface area (Å²) in [6.45, 7) is 0. The van der Waals surface area contributed by atoms with Crippen molar-refractivity contribution < 1.29 is 0 Å². The second-order valence-electron chi connectivity index (χ2n) is 1.86. The van der Waals surface area contributed by atoms with Crippen LogP contribution < -0.4 is 0 Å². The maximum absolute atomic E-state index is 4.09. The summed E-state index contributed by atoms with van der Waals surface area (Å²) in [6.07, 6.45) is 5.72. The van der Waals surface area contributed by atoms with E-state index in [2.05, 4.69) is 22.6 Å². The average molecular weight is 142 g/mol. The fourth-order valence-corrected chi connectivity index (χ4v) is 0.839. The molecule has 0 amide bonds. The number of aryl methyl sites for hydroxylation is 1. The van der Waals surface area contributed by atoms with Gasteiger partial charge >= 0.3 is 0 Å². The van der Waals surface area contributed by atoms with Gasteiger partial charge in [0.15, 0.2) is 0 Å². The molecule has 0 fully saturated rings. The van der Waals surface area contributed by atoms with E-state index in [0.29, 0.717) is 0 Å². The second kappa shape index (κ2) is 3.56. The maximum Gasteiger partial charge on any atom is 0.106 e.